The molecule has 0 aliphatic rings. The van der Waals surface area contributed by atoms with E-state index in [1.54, 1.807) is 6.07 Å². The van der Waals surface area contributed by atoms with Crippen LogP contribution < -0.4 is 11.1 Å². The number of aromatic nitrogens is 1. The molecule has 1 aromatic heterocycles. The van der Waals surface area contributed by atoms with Gasteiger partial charge in [-0.1, -0.05) is 6.07 Å². The van der Waals surface area contributed by atoms with Crippen molar-refractivity contribution in [3.8, 4) is 0 Å². The fourth-order valence-corrected chi connectivity index (χ4v) is 1.94. The number of halogens is 2. The third-order valence-electron chi connectivity index (χ3n) is 2.59. The molecule has 0 spiro atoms. The van der Waals surface area contributed by atoms with Gasteiger partial charge in [0.25, 0.3) is 5.91 Å². The van der Waals surface area contributed by atoms with Crippen molar-refractivity contribution in [1.29, 1.82) is 0 Å². The summed E-state index contributed by atoms with van der Waals surface area (Å²) in [6.45, 7) is 1.81. The minimum Gasteiger partial charge on any atom is -0.397 e. The van der Waals surface area contributed by atoms with Gasteiger partial charge in [-0.2, -0.15) is 0 Å². The number of nitrogens with one attached hydrogen (secondary N) is 1. The Morgan fingerprint density at radius 1 is 1.47 bits per heavy atom. The number of hydrogen-bond acceptors (Lipinski definition) is 3. The standard InChI is InChI=1S/C13H11BrFN3O/c1-7-5-11(17-6-10(7)16)18-13(19)8-3-2-4-9(15)12(8)14/h2-6H,16H2,1H3,(H,17,18,19). The molecule has 19 heavy (non-hydrogen) atoms. The third-order valence-corrected chi connectivity index (χ3v) is 3.40. The Hall–Kier alpha value is -1.95. The van der Waals surface area contributed by atoms with E-state index >= 15 is 0 Å². The largest absolute Gasteiger partial charge is 0.397 e. The molecule has 3 N–H and O–H groups in total. The Kier molecular flexibility index (Phi) is 3.80. The zero-order valence-electron chi connectivity index (χ0n) is 10.1. The minimum absolute atomic E-state index is 0.125. The monoisotopic (exact) mass is 323 g/mol. The van der Waals surface area contributed by atoms with Gasteiger partial charge in [0.1, 0.15) is 11.6 Å². The van der Waals surface area contributed by atoms with Gasteiger partial charge in [0.15, 0.2) is 0 Å². The molecule has 0 aliphatic carbocycles. The fraction of sp³-hybridized carbons (Fsp3) is 0.0769. The predicted molar refractivity (Wildman–Crippen MR) is 75.4 cm³/mol. The van der Waals surface area contributed by atoms with Crippen LogP contribution in [0.25, 0.3) is 0 Å². The zero-order chi connectivity index (χ0) is 14.0. The van der Waals surface area contributed by atoms with Crippen LogP contribution in [0, 0.1) is 12.7 Å². The number of aryl methyl sites for hydroxylation is 1. The van der Waals surface area contributed by atoms with Gasteiger partial charge in [-0.25, -0.2) is 9.37 Å². The molecule has 2 aromatic rings. The summed E-state index contributed by atoms with van der Waals surface area (Å²) in [5, 5.41) is 2.59. The maximum Gasteiger partial charge on any atom is 0.258 e. The van der Waals surface area contributed by atoms with Gasteiger partial charge in [-0.15, -0.1) is 0 Å². The van der Waals surface area contributed by atoms with Gasteiger partial charge in [-0.3, -0.25) is 4.79 Å². The summed E-state index contributed by atoms with van der Waals surface area (Å²) in [6.07, 6.45) is 1.46. The number of nitrogens with zero attached hydrogens (tertiary/aromatic N) is 1. The van der Waals surface area contributed by atoms with Crippen molar-refractivity contribution in [2.45, 2.75) is 6.92 Å². The third kappa shape index (κ3) is 2.90. The molecule has 0 saturated carbocycles. The number of nitrogens with two attached hydrogens (primary N) is 1. The van der Waals surface area contributed by atoms with E-state index in [0.717, 1.165) is 5.56 Å². The van der Waals surface area contributed by atoms with Crippen LogP contribution >= 0.6 is 15.9 Å². The van der Waals surface area contributed by atoms with Gasteiger partial charge in [0, 0.05) is 0 Å². The van der Waals surface area contributed by atoms with Crippen LogP contribution in [0.4, 0.5) is 15.9 Å². The Morgan fingerprint density at radius 3 is 2.89 bits per heavy atom. The van der Waals surface area contributed by atoms with Crippen molar-refractivity contribution in [3.63, 3.8) is 0 Å². The van der Waals surface area contributed by atoms with Crippen LogP contribution in [-0.2, 0) is 0 Å². The van der Waals surface area contributed by atoms with E-state index in [2.05, 4.69) is 26.2 Å². The van der Waals surface area contributed by atoms with Gasteiger partial charge < -0.3 is 11.1 Å². The maximum atomic E-state index is 13.3. The highest BCUT2D eigenvalue weighted by Gasteiger charge is 2.13. The van der Waals surface area contributed by atoms with Crippen molar-refractivity contribution in [2.75, 3.05) is 11.1 Å². The van der Waals surface area contributed by atoms with Gasteiger partial charge in [-0.05, 0) is 46.6 Å². The molecular formula is C13H11BrFN3O. The highest BCUT2D eigenvalue weighted by atomic mass is 79.9. The first-order valence-corrected chi connectivity index (χ1v) is 6.26. The number of rotatable bonds is 2. The molecule has 4 nitrogen and oxygen atoms in total. The Morgan fingerprint density at radius 2 is 2.21 bits per heavy atom. The highest BCUT2D eigenvalue weighted by molar-refractivity contribution is 9.10. The van der Waals surface area contributed by atoms with Crippen LogP contribution in [-0.4, -0.2) is 10.9 Å². The van der Waals surface area contributed by atoms with Gasteiger partial charge in [0.05, 0.1) is 21.9 Å². The predicted octanol–water partition coefficient (Wildman–Crippen LogP) is 3.13. The van der Waals surface area contributed by atoms with Crippen LogP contribution in [0.2, 0.25) is 0 Å². The molecule has 1 heterocycles. The second kappa shape index (κ2) is 5.36. The molecule has 1 amide bonds. The first-order valence-electron chi connectivity index (χ1n) is 5.46. The quantitative estimate of drug-likeness (QED) is 0.892. The number of hydrogen-bond donors (Lipinski definition) is 2. The second-order valence-corrected chi connectivity index (χ2v) is 4.77. The first kappa shape index (κ1) is 13.5. The molecule has 0 saturated heterocycles. The number of amides is 1. The summed E-state index contributed by atoms with van der Waals surface area (Å²) in [6, 6.07) is 5.91. The SMILES string of the molecule is Cc1cc(NC(=O)c2cccc(F)c2Br)ncc1N. The summed E-state index contributed by atoms with van der Waals surface area (Å²) in [7, 11) is 0. The minimum atomic E-state index is -0.492. The van der Waals surface area contributed by atoms with Crippen molar-refractivity contribution in [1.82, 2.24) is 4.98 Å². The summed E-state index contributed by atoms with van der Waals surface area (Å²) < 4.78 is 13.5. The van der Waals surface area contributed by atoms with Gasteiger partial charge in [0.2, 0.25) is 0 Å². The van der Waals surface area contributed by atoms with Crippen molar-refractivity contribution in [2.24, 2.45) is 0 Å². The molecule has 2 rings (SSSR count). The highest BCUT2D eigenvalue weighted by Crippen LogP contribution is 2.21. The van der Waals surface area contributed by atoms with E-state index < -0.39 is 11.7 Å². The fourth-order valence-electron chi connectivity index (χ4n) is 1.50. The molecule has 0 aliphatic heterocycles. The van der Waals surface area contributed by atoms with E-state index in [-0.39, 0.29) is 10.0 Å². The van der Waals surface area contributed by atoms with Gasteiger partial charge >= 0.3 is 0 Å². The first-order chi connectivity index (χ1) is 8.99. The Balaban J connectivity index is 2.26. The lowest BCUT2D eigenvalue weighted by Gasteiger charge is -2.08. The average molecular weight is 324 g/mol. The summed E-state index contributed by atoms with van der Waals surface area (Å²) in [4.78, 5) is 16.0. The summed E-state index contributed by atoms with van der Waals surface area (Å²) in [5.74, 6) is -0.565. The molecule has 0 radical (unpaired) electrons. The van der Waals surface area contributed by atoms with Crippen LogP contribution in [0.15, 0.2) is 34.9 Å². The molecule has 0 atom stereocenters. The van der Waals surface area contributed by atoms with Crippen molar-refractivity contribution >= 4 is 33.3 Å². The smallest absolute Gasteiger partial charge is 0.258 e. The van der Waals surface area contributed by atoms with E-state index in [4.69, 9.17) is 5.73 Å². The Labute approximate surface area is 118 Å². The summed E-state index contributed by atoms with van der Waals surface area (Å²) in [5.41, 5.74) is 7.20. The maximum absolute atomic E-state index is 13.3. The number of nitrogen functional groups attached to an aromatic ring is 1. The van der Waals surface area contributed by atoms with Crippen LogP contribution in [0.3, 0.4) is 0 Å². The van der Waals surface area contributed by atoms with E-state index in [9.17, 15) is 9.18 Å². The normalized spacial score (nSPS) is 10.3. The van der Waals surface area contributed by atoms with Crippen molar-refractivity contribution in [3.05, 3.63) is 51.9 Å². The molecule has 98 valence electrons. The number of carbonyl (C=O) groups excluding carboxylic acids is 1. The lowest BCUT2D eigenvalue weighted by atomic mass is 10.2. The van der Waals surface area contributed by atoms with E-state index in [1.165, 1.54) is 24.4 Å². The molecular weight excluding hydrogens is 313 g/mol. The lowest BCUT2D eigenvalue weighted by Crippen LogP contribution is -2.14. The van der Waals surface area contributed by atoms with Crippen LogP contribution in [0.5, 0.6) is 0 Å². The average Bonchev–Trinajstić information content (AvgIpc) is 2.37. The van der Waals surface area contributed by atoms with Crippen LogP contribution in [0.1, 0.15) is 15.9 Å². The molecule has 1 aromatic carbocycles. The number of carbonyl (C=O) groups is 1. The number of benzene rings is 1. The van der Waals surface area contributed by atoms with E-state index in [0.29, 0.717) is 11.5 Å². The topological polar surface area (TPSA) is 68.0 Å². The number of pyridine rings is 1. The second-order valence-electron chi connectivity index (χ2n) is 3.98. The zero-order valence-corrected chi connectivity index (χ0v) is 11.7. The lowest BCUT2D eigenvalue weighted by molar-refractivity contribution is 0.102. The van der Waals surface area contributed by atoms with Crippen molar-refractivity contribution < 1.29 is 9.18 Å². The molecule has 0 bridgehead atoms. The molecule has 0 unspecified atom stereocenters. The molecule has 6 heteroatoms. The number of anilines is 2. The Bertz CT molecular complexity index is 646. The summed E-state index contributed by atoms with van der Waals surface area (Å²) >= 11 is 3.04. The molecule has 0 fully saturated rings. The van der Waals surface area contributed by atoms with E-state index in [1.807, 2.05) is 6.92 Å².